The van der Waals surface area contributed by atoms with Crippen LogP contribution in [0.1, 0.15) is 37.0 Å². The quantitative estimate of drug-likeness (QED) is 0.182. The van der Waals surface area contributed by atoms with Crippen LogP contribution in [-0.2, 0) is 43.3 Å². The van der Waals surface area contributed by atoms with Crippen LogP contribution in [0.5, 0.6) is 0 Å². The number of aromatic amines is 1. The second kappa shape index (κ2) is 13.7. The van der Waals surface area contributed by atoms with Crippen LogP contribution in [0.25, 0.3) is 10.9 Å². The summed E-state index contributed by atoms with van der Waals surface area (Å²) < 4.78 is 10.7. The van der Waals surface area contributed by atoms with Gasteiger partial charge in [-0.1, -0.05) is 78.9 Å². The maximum atomic E-state index is 13.9. The average molecular weight is 596 g/mol. The van der Waals surface area contributed by atoms with Crippen LogP contribution in [0.15, 0.2) is 91.1 Å². The number of benzene rings is 3. The number of aromatic nitrogens is 1. The normalized spacial score (nSPS) is 17.7. The van der Waals surface area contributed by atoms with E-state index in [1.807, 2.05) is 91.1 Å². The molecule has 1 unspecified atom stereocenters. The lowest BCUT2D eigenvalue weighted by Gasteiger charge is -2.24. The van der Waals surface area contributed by atoms with Crippen molar-refractivity contribution in [2.24, 2.45) is 5.92 Å². The number of carbonyl (C=O) groups excluding carboxylic acids is 4. The number of alkyl carbamates (subject to hydrolysis) is 1. The van der Waals surface area contributed by atoms with Gasteiger partial charge in [0.2, 0.25) is 5.91 Å². The van der Waals surface area contributed by atoms with Gasteiger partial charge < -0.3 is 25.1 Å². The first-order valence-electron chi connectivity index (χ1n) is 14.8. The molecule has 2 heterocycles. The lowest BCUT2D eigenvalue weighted by Crippen LogP contribution is -2.50. The minimum Gasteiger partial charge on any atom is -0.445 e. The van der Waals surface area contributed by atoms with Crippen molar-refractivity contribution in [3.05, 3.63) is 108 Å². The number of nitrogens with one attached hydrogen (secondary N) is 3. The number of Topliss-reactive ketones (excluding diaryl/α,β-unsaturated/α-hetero) is 2. The van der Waals surface area contributed by atoms with E-state index in [2.05, 4.69) is 15.6 Å². The minimum atomic E-state index is -0.937. The number of amides is 2. The summed E-state index contributed by atoms with van der Waals surface area (Å²) in [6, 6.07) is 24.7. The zero-order chi connectivity index (χ0) is 31.1. The summed E-state index contributed by atoms with van der Waals surface area (Å²) in [5.41, 5.74) is 2.57. The highest BCUT2D eigenvalue weighted by Gasteiger charge is 2.50. The number of H-pyrrole nitrogens is 1. The van der Waals surface area contributed by atoms with Gasteiger partial charge in [-0.25, -0.2) is 4.79 Å². The molecule has 44 heavy (non-hydrogen) atoms. The number of hydrogen-bond donors (Lipinski definition) is 3. The van der Waals surface area contributed by atoms with Crippen LogP contribution in [0.4, 0.5) is 4.79 Å². The Morgan fingerprint density at radius 1 is 0.886 bits per heavy atom. The fourth-order valence-corrected chi connectivity index (χ4v) is 5.23. The van der Waals surface area contributed by atoms with Crippen LogP contribution < -0.4 is 10.6 Å². The van der Waals surface area contributed by atoms with Crippen molar-refractivity contribution in [2.45, 2.75) is 57.4 Å². The van der Waals surface area contributed by atoms with E-state index >= 15 is 0 Å². The standard InChI is InChI=1S/C35H37N3O6/c1-23(37-34(42)43-21-25-13-7-4-8-14-25)31(39)19-26(18-27-20-36-29-16-10-9-15-28(27)29)33(41)38-30(32(40)35(2)22-44-35)17-24-11-5-3-6-12-24/h3-16,20,23,26,30,36H,17-19,21-22H2,1-2H3,(H,37,42)(H,38,41)/t23-,26-,30+,35?/m1/s1. The Morgan fingerprint density at radius 2 is 1.52 bits per heavy atom. The molecule has 0 bridgehead atoms. The average Bonchev–Trinajstić information content (AvgIpc) is 3.67. The van der Waals surface area contributed by atoms with E-state index in [-0.39, 0.29) is 31.0 Å². The van der Waals surface area contributed by atoms with Gasteiger partial charge in [-0.15, -0.1) is 0 Å². The molecule has 3 aromatic carbocycles. The molecular formula is C35H37N3O6. The Labute approximate surface area is 256 Å². The van der Waals surface area contributed by atoms with E-state index in [0.717, 1.165) is 27.6 Å². The van der Waals surface area contributed by atoms with Crippen LogP contribution >= 0.6 is 0 Å². The van der Waals surface area contributed by atoms with Gasteiger partial charge in [0, 0.05) is 29.4 Å². The lowest BCUT2D eigenvalue weighted by atomic mass is 9.89. The summed E-state index contributed by atoms with van der Waals surface area (Å²) in [4.78, 5) is 56.4. The largest absolute Gasteiger partial charge is 0.445 e. The number of rotatable bonds is 14. The SMILES string of the molecule is C[C@@H](NC(=O)OCc1ccccc1)C(=O)C[C@@H](Cc1c[nH]c2ccccc12)C(=O)N[C@@H](Cc1ccccc1)C(=O)C1(C)CO1. The molecule has 2 amide bonds. The molecule has 4 atom stereocenters. The number of hydrogen-bond acceptors (Lipinski definition) is 6. The van der Waals surface area contributed by atoms with Gasteiger partial charge in [0.1, 0.15) is 12.2 Å². The highest BCUT2D eigenvalue weighted by molar-refractivity contribution is 5.98. The monoisotopic (exact) mass is 595 g/mol. The van der Waals surface area contributed by atoms with Gasteiger partial charge in [-0.2, -0.15) is 0 Å². The molecule has 0 spiro atoms. The van der Waals surface area contributed by atoms with Gasteiger partial charge in [-0.05, 0) is 49.4 Å². The smallest absolute Gasteiger partial charge is 0.408 e. The Morgan fingerprint density at radius 3 is 2.20 bits per heavy atom. The van der Waals surface area contributed by atoms with E-state index in [1.165, 1.54) is 0 Å². The van der Waals surface area contributed by atoms with E-state index < -0.39 is 35.6 Å². The summed E-state index contributed by atoms with van der Waals surface area (Å²) in [6.45, 7) is 3.66. The van der Waals surface area contributed by atoms with Crippen molar-refractivity contribution in [1.82, 2.24) is 15.6 Å². The third-order valence-electron chi connectivity index (χ3n) is 8.00. The van der Waals surface area contributed by atoms with Crippen molar-refractivity contribution < 1.29 is 28.7 Å². The van der Waals surface area contributed by atoms with Crippen molar-refractivity contribution in [3.63, 3.8) is 0 Å². The maximum Gasteiger partial charge on any atom is 0.408 e. The highest BCUT2D eigenvalue weighted by Crippen LogP contribution is 2.30. The molecule has 0 saturated carbocycles. The fourth-order valence-electron chi connectivity index (χ4n) is 5.23. The first-order valence-corrected chi connectivity index (χ1v) is 14.8. The second-order valence-electron chi connectivity index (χ2n) is 11.5. The summed E-state index contributed by atoms with van der Waals surface area (Å²) in [5, 5.41) is 6.48. The van der Waals surface area contributed by atoms with Gasteiger partial charge in [0.05, 0.1) is 18.7 Å². The third kappa shape index (κ3) is 7.79. The molecule has 3 N–H and O–H groups in total. The van der Waals surface area contributed by atoms with Crippen LogP contribution in [0.3, 0.4) is 0 Å². The van der Waals surface area contributed by atoms with E-state index in [1.54, 1.807) is 13.8 Å². The molecule has 1 fully saturated rings. The van der Waals surface area contributed by atoms with Crippen LogP contribution in [0.2, 0.25) is 0 Å². The molecule has 1 aliphatic heterocycles. The van der Waals surface area contributed by atoms with Crippen molar-refractivity contribution >= 4 is 34.5 Å². The Bertz CT molecular complexity index is 1610. The highest BCUT2D eigenvalue weighted by atomic mass is 16.6. The number of para-hydroxylation sites is 1. The van der Waals surface area contributed by atoms with Gasteiger partial charge in [0.15, 0.2) is 11.6 Å². The van der Waals surface area contributed by atoms with Crippen LogP contribution in [-0.4, -0.2) is 52.8 Å². The molecule has 0 radical (unpaired) electrons. The van der Waals surface area contributed by atoms with Crippen molar-refractivity contribution in [1.29, 1.82) is 0 Å². The first kappa shape index (κ1) is 30.7. The topological polar surface area (TPSA) is 130 Å². The maximum absolute atomic E-state index is 13.9. The Kier molecular flexibility index (Phi) is 9.55. The Hall–Kier alpha value is -4.76. The predicted molar refractivity (Wildman–Crippen MR) is 166 cm³/mol. The fraction of sp³-hybridized carbons (Fsp3) is 0.314. The number of ketones is 2. The molecule has 9 nitrogen and oxygen atoms in total. The number of carbonyl (C=O) groups is 4. The molecule has 4 aromatic rings. The first-order chi connectivity index (χ1) is 21.2. The molecule has 1 saturated heterocycles. The van der Waals surface area contributed by atoms with Gasteiger partial charge >= 0.3 is 6.09 Å². The molecule has 0 aliphatic carbocycles. The Balaban J connectivity index is 1.31. The summed E-state index contributed by atoms with van der Waals surface area (Å²) in [5.74, 6) is -1.75. The summed E-state index contributed by atoms with van der Waals surface area (Å²) in [6.07, 6.45) is 1.52. The van der Waals surface area contributed by atoms with E-state index in [9.17, 15) is 19.2 Å². The summed E-state index contributed by atoms with van der Waals surface area (Å²) in [7, 11) is 0. The summed E-state index contributed by atoms with van der Waals surface area (Å²) >= 11 is 0. The van der Waals surface area contributed by atoms with Crippen molar-refractivity contribution in [3.8, 4) is 0 Å². The minimum absolute atomic E-state index is 0.0681. The zero-order valence-electron chi connectivity index (χ0n) is 24.9. The number of fused-ring (bicyclic) bond motifs is 1. The van der Waals surface area contributed by atoms with Crippen molar-refractivity contribution in [2.75, 3.05) is 6.61 Å². The molecule has 228 valence electrons. The third-order valence-corrected chi connectivity index (χ3v) is 8.00. The molecule has 1 aliphatic rings. The lowest BCUT2D eigenvalue weighted by molar-refractivity contribution is -0.134. The van der Waals surface area contributed by atoms with Crippen LogP contribution in [0, 0.1) is 5.92 Å². The van der Waals surface area contributed by atoms with E-state index in [0.29, 0.717) is 13.0 Å². The number of epoxide rings is 1. The van der Waals surface area contributed by atoms with Gasteiger partial charge in [-0.3, -0.25) is 14.4 Å². The zero-order valence-corrected chi connectivity index (χ0v) is 24.9. The number of ether oxygens (including phenoxy) is 2. The predicted octanol–water partition coefficient (Wildman–Crippen LogP) is 4.69. The second-order valence-corrected chi connectivity index (χ2v) is 11.5. The van der Waals surface area contributed by atoms with E-state index in [4.69, 9.17) is 9.47 Å². The molecule has 1 aromatic heterocycles. The molecule has 9 heteroatoms. The van der Waals surface area contributed by atoms with Gasteiger partial charge in [0.25, 0.3) is 0 Å². The molecule has 5 rings (SSSR count). The molecular weight excluding hydrogens is 558 g/mol.